The first kappa shape index (κ1) is 22.2. The quantitative estimate of drug-likeness (QED) is 0.593. The number of ether oxygens (including phenoxy) is 1. The van der Waals surface area contributed by atoms with E-state index in [1.165, 1.54) is 10.4 Å². The van der Waals surface area contributed by atoms with Gasteiger partial charge in [0.2, 0.25) is 10.0 Å². The molecular formula is C22H23ClN4O4S. The molecule has 0 aliphatic carbocycles. The zero-order chi connectivity index (χ0) is 22.7. The lowest BCUT2D eigenvalue weighted by molar-refractivity contribution is -0.128. The summed E-state index contributed by atoms with van der Waals surface area (Å²) in [6, 6.07) is 12.7. The molecular weight excluding hydrogens is 452 g/mol. The number of hydrogen-bond donors (Lipinski definition) is 1. The van der Waals surface area contributed by atoms with Crippen LogP contribution in [0.25, 0.3) is 0 Å². The minimum absolute atomic E-state index is 0.118. The summed E-state index contributed by atoms with van der Waals surface area (Å²) in [4.78, 5) is 16.8. The molecule has 1 N–H and O–H groups in total. The third-order valence-electron chi connectivity index (χ3n) is 5.16. The molecule has 0 bridgehead atoms. The third-order valence-corrected chi connectivity index (χ3v) is 6.58. The van der Waals surface area contributed by atoms with Crippen molar-refractivity contribution in [1.82, 2.24) is 14.9 Å². The maximum Gasteiger partial charge on any atom is 0.261 e. The van der Waals surface area contributed by atoms with Crippen LogP contribution in [-0.2, 0) is 27.9 Å². The normalized spacial score (nSPS) is 16.1. The fraction of sp³-hybridized carbons (Fsp3) is 0.273. The van der Waals surface area contributed by atoms with Crippen molar-refractivity contribution in [3.8, 4) is 5.75 Å². The van der Waals surface area contributed by atoms with Crippen LogP contribution in [0.1, 0.15) is 17.5 Å². The third kappa shape index (κ3) is 5.23. The number of nitrogens with one attached hydrogen (secondary N) is 1. The second-order valence-corrected chi connectivity index (χ2v) is 9.95. The highest BCUT2D eigenvalue weighted by Gasteiger charge is 2.31. The molecule has 0 saturated heterocycles. The van der Waals surface area contributed by atoms with Gasteiger partial charge >= 0.3 is 0 Å². The van der Waals surface area contributed by atoms with Gasteiger partial charge < -0.3 is 14.6 Å². The van der Waals surface area contributed by atoms with Crippen LogP contribution in [0.15, 0.2) is 61.2 Å². The summed E-state index contributed by atoms with van der Waals surface area (Å²) >= 11 is 6.05. The van der Waals surface area contributed by atoms with E-state index in [0.717, 1.165) is 23.9 Å². The minimum atomic E-state index is -3.55. The summed E-state index contributed by atoms with van der Waals surface area (Å²) in [6.45, 7) is 1.18. The SMILES string of the molecule is CS(=O)(=O)N1CCC(C(=O)NCc2ccc(Cn3ccnc3)cc2)Oc2ccc(Cl)cc21. The summed E-state index contributed by atoms with van der Waals surface area (Å²) in [5.41, 5.74) is 2.41. The molecule has 8 nitrogen and oxygen atoms in total. The molecule has 10 heteroatoms. The highest BCUT2D eigenvalue weighted by atomic mass is 35.5. The molecule has 3 aromatic rings. The largest absolute Gasteiger partial charge is 0.478 e. The molecule has 2 aromatic carbocycles. The fourth-order valence-corrected chi connectivity index (χ4v) is 4.64. The van der Waals surface area contributed by atoms with Crippen molar-refractivity contribution in [3.63, 3.8) is 0 Å². The molecule has 2 heterocycles. The van der Waals surface area contributed by atoms with Crippen molar-refractivity contribution in [2.45, 2.75) is 25.6 Å². The van der Waals surface area contributed by atoms with Gasteiger partial charge in [0.05, 0.1) is 18.3 Å². The van der Waals surface area contributed by atoms with Crippen LogP contribution < -0.4 is 14.4 Å². The second-order valence-electron chi connectivity index (χ2n) is 7.61. The molecule has 4 rings (SSSR count). The number of imidazole rings is 1. The average molecular weight is 475 g/mol. The number of carbonyl (C=O) groups is 1. The Morgan fingerprint density at radius 2 is 1.97 bits per heavy atom. The number of benzene rings is 2. The van der Waals surface area contributed by atoms with E-state index in [9.17, 15) is 13.2 Å². The number of rotatable bonds is 6. The van der Waals surface area contributed by atoms with Crippen molar-refractivity contribution < 1.29 is 17.9 Å². The van der Waals surface area contributed by atoms with Gasteiger partial charge in [0.15, 0.2) is 6.10 Å². The van der Waals surface area contributed by atoms with Gasteiger partial charge in [-0.3, -0.25) is 9.10 Å². The molecule has 32 heavy (non-hydrogen) atoms. The number of nitrogens with zero attached hydrogens (tertiary/aromatic N) is 3. The predicted molar refractivity (Wildman–Crippen MR) is 122 cm³/mol. The van der Waals surface area contributed by atoms with Crippen LogP contribution in [0, 0.1) is 0 Å². The van der Waals surface area contributed by atoms with E-state index in [-0.39, 0.29) is 18.9 Å². The monoisotopic (exact) mass is 474 g/mol. The van der Waals surface area contributed by atoms with E-state index in [0.29, 0.717) is 23.0 Å². The Morgan fingerprint density at radius 1 is 1.22 bits per heavy atom. The maximum absolute atomic E-state index is 12.8. The van der Waals surface area contributed by atoms with Gasteiger partial charge in [0.1, 0.15) is 5.75 Å². The van der Waals surface area contributed by atoms with Gasteiger partial charge in [-0.2, -0.15) is 0 Å². The highest BCUT2D eigenvalue weighted by molar-refractivity contribution is 7.92. The second kappa shape index (κ2) is 9.22. The van der Waals surface area contributed by atoms with Gasteiger partial charge in [-0.25, -0.2) is 13.4 Å². The Balaban J connectivity index is 1.41. The van der Waals surface area contributed by atoms with Crippen molar-refractivity contribution in [2.24, 2.45) is 0 Å². The molecule has 0 saturated carbocycles. The lowest BCUT2D eigenvalue weighted by Crippen LogP contribution is -2.39. The Morgan fingerprint density at radius 3 is 2.66 bits per heavy atom. The van der Waals surface area contributed by atoms with E-state index >= 15 is 0 Å². The molecule has 0 fully saturated rings. The first-order valence-corrected chi connectivity index (χ1v) is 12.3. The van der Waals surface area contributed by atoms with Gasteiger partial charge in [-0.1, -0.05) is 35.9 Å². The van der Waals surface area contributed by atoms with Crippen LogP contribution in [0.3, 0.4) is 0 Å². The van der Waals surface area contributed by atoms with Crippen LogP contribution in [-0.4, -0.2) is 42.8 Å². The van der Waals surface area contributed by atoms with E-state index < -0.39 is 16.1 Å². The number of fused-ring (bicyclic) bond motifs is 1. The van der Waals surface area contributed by atoms with Gasteiger partial charge in [0.25, 0.3) is 5.91 Å². The first-order valence-electron chi connectivity index (χ1n) is 10.0. The summed E-state index contributed by atoms with van der Waals surface area (Å²) < 4.78 is 33.6. The summed E-state index contributed by atoms with van der Waals surface area (Å²) in [7, 11) is -3.55. The number of aromatic nitrogens is 2. The molecule has 1 amide bonds. The number of hydrogen-bond acceptors (Lipinski definition) is 5. The predicted octanol–water partition coefficient (Wildman–Crippen LogP) is 2.82. The van der Waals surface area contributed by atoms with Crippen LogP contribution in [0.5, 0.6) is 5.75 Å². The number of amides is 1. The molecule has 0 radical (unpaired) electrons. The summed E-state index contributed by atoms with van der Waals surface area (Å²) in [5.74, 6) is 0.00470. The minimum Gasteiger partial charge on any atom is -0.478 e. The topological polar surface area (TPSA) is 93.5 Å². The molecule has 1 aliphatic heterocycles. The number of anilines is 1. The van der Waals surface area contributed by atoms with E-state index in [4.69, 9.17) is 16.3 Å². The smallest absolute Gasteiger partial charge is 0.261 e. The molecule has 1 aromatic heterocycles. The van der Waals surface area contributed by atoms with E-state index in [2.05, 4.69) is 10.3 Å². The summed E-state index contributed by atoms with van der Waals surface area (Å²) in [6.07, 6.45) is 5.92. The van der Waals surface area contributed by atoms with Crippen LogP contribution in [0.2, 0.25) is 5.02 Å². The molecule has 168 valence electrons. The maximum atomic E-state index is 12.8. The van der Waals surface area contributed by atoms with Crippen molar-refractivity contribution in [3.05, 3.63) is 77.3 Å². The van der Waals surface area contributed by atoms with Gasteiger partial charge in [-0.05, 0) is 29.3 Å². The lowest BCUT2D eigenvalue weighted by Gasteiger charge is -2.21. The zero-order valence-corrected chi connectivity index (χ0v) is 19.0. The van der Waals surface area contributed by atoms with Gasteiger partial charge in [-0.15, -0.1) is 0 Å². The Kier molecular flexibility index (Phi) is 6.38. The summed E-state index contributed by atoms with van der Waals surface area (Å²) in [5, 5.41) is 3.27. The molecule has 1 unspecified atom stereocenters. The van der Waals surface area contributed by atoms with Gasteiger partial charge in [0, 0.05) is 43.5 Å². The van der Waals surface area contributed by atoms with E-state index in [1.807, 2.05) is 35.0 Å². The average Bonchev–Trinajstić information content (AvgIpc) is 3.17. The van der Waals surface area contributed by atoms with Crippen molar-refractivity contribution in [1.29, 1.82) is 0 Å². The Hall–Kier alpha value is -3.04. The molecule has 0 spiro atoms. The Bertz CT molecular complexity index is 1200. The van der Waals surface area contributed by atoms with Crippen LogP contribution in [0.4, 0.5) is 5.69 Å². The van der Waals surface area contributed by atoms with E-state index in [1.54, 1.807) is 24.7 Å². The number of carbonyl (C=O) groups excluding carboxylic acids is 1. The Labute approximate surface area is 191 Å². The standard InChI is InChI=1S/C22H23ClN4O4S/c1-32(29,30)27-10-8-21(31-20-7-6-18(23)12-19(20)27)22(28)25-13-16-2-4-17(5-3-16)14-26-11-9-24-15-26/h2-7,9,11-12,15,21H,8,10,13-14H2,1H3,(H,25,28). The molecule has 1 aliphatic rings. The number of sulfonamides is 1. The fourth-order valence-electron chi connectivity index (χ4n) is 3.54. The molecule has 1 atom stereocenters. The zero-order valence-electron chi connectivity index (χ0n) is 17.4. The van der Waals surface area contributed by atoms with Crippen molar-refractivity contribution >= 4 is 33.2 Å². The first-order chi connectivity index (χ1) is 15.3. The van der Waals surface area contributed by atoms with Crippen LogP contribution >= 0.6 is 11.6 Å². The highest BCUT2D eigenvalue weighted by Crippen LogP contribution is 2.36. The van der Waals surface area contributed by atoms with Crippen molar-refractivity contribution in [2.75, 3.05) is 17.1 Å². The lowest BCUT2D eigenvalue weighted by atomic mass is 10.1. The number of halogens is 1.